The van der Waals surface area contributed by atoms with Gasteiger partial charge in [0.05, 0.1) is 5.69 Å². The fourth-order valence-electron chi connectivity index (χ4n) is 1.96. The van der Waals surface area contributed by atoms with Gasteiger partial charge in [0.1, 0.15) is 15.2 Å². The Hall–Kier alpha value is -1.99. The summed E-state index contributed by atoms with van der Waals surface area (Å²) in [6.07, 6.45) is 3.14. The molecule has 106 valence electrons. The first kappa shape index (κ1) is 14.0. The summed E-state index contributed by atoms with van der Waals surface area (Å²) in [6, 6.07) is 5.66. The molecule has 0 saturated heterocycles. The van der Waals surface area contributed by atoms with Crippen molar-refractivity contribution in [2.75, 3.05) is 11.1 Å². The van der Waals surface area contributed by atoms with Crippen LogP contribution in [0.3, 0.4) is 0 Å². The van der Waals surface area contributed by atoms with Crippen LogP contribution in [0.4, 0.5) is 11.4 Å². The van der Waals surface area contributed by atoms with Gasteiger partial charge in [-0.25, -0.2) is 9.97 Å². The Morgan fingerprint density at radius 2 is 2.10 bits per heavy atom. The Kier molecular flexibility index (Phi) is 3.60. The molecule has 0 spiro atoms. The van der Waals surface area contributed by atoms with E-state index < -0.39 is 0 Å². The second kappa shape index (κ2) is 5.42. The number of nitrogen functional groups attached to an aromatic ring is 1. The van der Waals surface area contributed by atoms with Gasteiger partial charge in [-0.15, -0.1) is 11.3 Å². The average molecular weight is 363 g/mol. The number of aromatic nitrogens is 2. The van der Waals surface area contributed by atoms with Crippen molar-refractivity contribution in [2.45, 2.75) is 6.92 Å². The van der Waals surface area contributed by atoms with Gasteiger partial charge in [-0.3, -0.25) is 4.79 Å². The number of nitrogens with two attached hydrogens (primary N) is 1. The molecular weight excluding hydrogens is 352 g/mol. The molecule has 3 rings (SSSR count). The van der Waals surface area contributed by atoms with Crippen LogP contribution in [0.2, 0.25) is 0 Å². The smallest absolute Gasteiger partial charge is 0.268 e. The number of aryl methyl sites for hydroxylation is 1. The molecule has 7 heteroatoms. The minimum absolute atomic E-state index is 0.247. The fourth-order valence-corrected chi connectivity index (χ4v) is 3.35. The maximum Gasteiger partial charge on any atom is 0.268 e. The number of nitrogens with one attached hydrogen (secondary N) is 1. The number of benzene rings is 1. The van der Waals surface area contributed by atoms with Crippen LogP contribution in [-0.2, 0) is 0 Å². The Morgan fingerprint density at radius 3 is 2.81 bits per heavy atom. The van der Waals surface area contributed by atoms with Crippen LogP contribution in [0, 0.1) is 6.92 Å². The standard InChI is InChI=1S/C14H11BrN4OS/c1-7-6-8(15)2-3-9(7)19-13(20)12-10(16)11-14(21-12)18-5-4-17-11/h2-6H,16H2,1H3,(H,19,20). The number of amides is 1. The molecule has 0 aliphatic carbocycles. The first-order valence-corrected chi connectivity index (χ1v) is 7.73. The fraction of sp³-hybridized carbons (Fsp3) is 0.0714. The van der Waals surface area contributed by atoms with Gasteiger partial charge in [-0.1, -0.05) is 15.9 Å². The third kappa shape index (κ3) is 2.62. The molecular formula is C14H11BrN4OS. The van der Waals surface area contributed by atoms with Crippen molar-refractivity contribution in [3.8, 4) is 0 Å². The van der Waals surface area contributed by atoms with Crippen LogP contribution in [0.15, 0.2) is 35.1 Å². The van der Waals surface area contributed by atoms with E-state index in [0.717, 1.165) is 15.7 Å². The van der Waals surface area contributed by atoms with Gasteiger partial charge in [0.2, 0.25) is 0 Å². The topological polar surface area (TPSA) is 80.9 Å². The van der Waals surface area contributed by atoms with E-state index in [-0.39, 0.29) is 5.91 Å². The van der Waals surface area contributed by atoms with Crippen LogP contribution < -0.4 is 11.1 Å². The molecule has 2 aromatic heterocycles. The van der Waals surface area contributed by atoms with Crippen molar-refractivity contribution in [3.63, 3.8) is 0 Å². The zero-order valence-electron chi connectivity index (χ0n) is 11.1. The molecule has 0 bridgehead atoms. The number of fused-ring (bicyclic) bond motifs is 1. The number of hydrogen-bond donors (Lipinski definition) is 2. The number of anilines is 2. The highest BCUT2D eigenvalue weighted by Gasteiger charge is 2.18. The van der Waals surface area contributed by atoms with Crippen molar-refractivity contribution in [2.24, 2.45) is 0 Å². The molecule has 0 aliphatic heterocycles. The monoisotopic (exact) mass is 362 g/mol. The number of carbonyl (C=O) groups excluding carboxylic acids is 1. The SMILES string of the molecule is Cc1cc(Br)ccc1NC(=O)c1sc2nccnc2c1N. The average Bonchev–Trinajstić information content (AvgIpc) is 2.80. The molecule has 21 heavy (non-hydrogen) atoms. The minimum atomic E-state index is -0.247. The number of nitrogens with zero attached hydrogens (tertiary/aromatic N) is 2. The third-order valence-electron chi connectivity index (χ3n) is 3.01. The largest absolute Gasteiger partial charge is 0.396 e. The van der Waals surface area contributed by atoms with E-state index >= 15 is 0 Å². The van der Waals surface area contributed by atoms with Crippen molar-refractivity contribution in [1.29, 1.82) is 0 Å². The zero-order chi connectivity index (χ0) is 15.0. The summed E-state index contributed by atoms with van der Waals surface area (Å²) < 4.78 is 0.966. The van der Waals surface area contributed by atoms with Crippen LogP contribution >= 0.6 is 27.3 Å². The number of hydrogen-bond acceptors (Lipinski definition) is 5. The molecule has 0 radical (unpaired) electrons. The van der Waals surface area contributed by atoms with Gasteiger partial charge in [-0.2, -0.15) is 0 Å². The molecule has 1 aromatic carbocycles. The number of thiophene rings is 1. The Labute approximate surface area is 133 Å². The maximum atomic E-state index is 12.4. The normalized spacial score (nSPS) is 10.8. The molecule has 1 amide bonds. The Morgan fingerprint density at radius 1 is 1.33 bits per heavy atom. The summed E-state index contributed by atoms with van der Waals surface area (Å²) in [7, 11) is 0. The lowest BCUT2D eigenvalue weighted by molar-refractivity contribution is 0.103. The summed E-state index contributed by atoms with van der Waals surface area (Å²) in [6.45, 7) is 1.93. The number of rotatable bonds is 2. The van der Waals surface area contributed by atoms with Gasteiger partial charge in [0, 0.05) is 22.6 Å². The van der Waals surface area contributed by atoms with Crippen LogP contribution in [-0.4, -0.2) is 15.9 Å². The second-order valence-electron chi connectivity index (χ2n) is 4.47. The van der Waals surface area contributed by atoms with Crippen molar-refractivity contribution in [1.82, 2.24) is 9.97 Å². The Balaban J connectivity index is 1.95. The summed E-state index contributed by atoms with van der Waals surface area (Å²) in [5.41, 5.74) is 8.65. The molecule has 3 N–H and O–H groups in total. The first-order valence-electron chi connectivity index (χ1n) is 6.13. The van der Waals surface area contributed by atoms with Crippen LogP contribution in [0.25, 0.3) is 10.3 Å². The van der Waals surface area contributed by atoms with Crippen molar-refractivity contribution in [3.05, 3.63) is 45.5 Å². The molecule has 2 heterocycles. The number of carbonyl (C=O) groups is 1. The summed E-state index contributed by atoms with van der Waals surface area (Å²) in [5.74, 6) is -0.247. The van der Waals surface area contributed by atoms with Gasteiger partial charge in [0.25, 0.3) is 5.91 Å². The summed E-state index contributed by atoms with van der Waals surface area (Å²) in [5, 5.41) is 2.87. The highest BCUT2D eigenvalue weighted by molar-refractivity contribution is 9.10. The van der Waals surface area contributed by atoms with E-state index in [1.807, 2.05) is 25.1 Å². The Bertz CT molecular complexity index is 846. The third-order valence-corrected chi connectivity index (χ3v) is 4.60. The van der Waals surface area contributed by atoms with Gasteiger partial charge < -0.3 is 11.1 Å². The summed E-state index contributed by atoms with van der Waals surface area (Å²) in [4.78, 5) is 21.8. The van der Waals surface area contributed by atoms with Crippen LogP contribution in [0.5, 0.6) is 0 Å². The predicted molar refractivity (Wildman–Crippen MR) is 88.7 cm³/mol. The molecule has 0 aliphatic rings. The van der Waals surface area contributed by atoms with Gasteiger partial charge in [0.15, 0.2) is 0 Å². The first-order chi connectivity index (χ1) is 10.1. The maximum absolute atomic E-state index is 12.4. The molecule has 0 saturated carbocycles. The highest BCUT2D eigenvalue weighted by atomic mass is 79.9. The lowest BCUT2D eigenvalue weighted by atomic mass is 10.2. The van der Waals surface area contributed by atoms with Crippen molar-refractivity contribution >= 4 is 54.9 Å². The van der Waals surface area contributed by atoms with E-state index in [0.29, 0.717) is 20.9 Å². The predicted octanol–water partition coefficient (Wildman–Crippen LogP) is 3.60. The quantitative estimate of drug-likeness (QED) is 0.729. The molecule has 3 aromatic rings. The van der Waals surface area contributed by atoms with Gasteiger partial charge in [-0.05, 0) is 30.7 Å². The summed E-state index contributed by atoms with van der Waals surface area (Å²) >= 11 is 4.64. The lowest BCUT2D eigenvalue weighted by Gasteiger charge is -2.08. The second-order valence-corrected chi connectivity index (χ2v) is 6.38. The highest BCUT2D eigenvalue weighted by Crippen LogP contribution is 2.31. The van der Waals surface area contributed by atoms with E-state index in [4.69, 9.17) is 5.73 Å². The van der Waals surface area contributed by atoms with E-state index in [2.05, 4.69) is 31.2 Å². The number of halogens is 1. The lowest BCUT2D eigenvalue weighted by Crippen LogP contribution is -2.12. The molecule has 0 fully saturated rings. The molecule has 0 unspecified atom stereocenters. The minimum Gasteiger partial charge on any atom is -0.396 e. The zero-order valence-corrected chi connectivity index (χ0v) is 13.5. The van der Waals surface area contributed by atoms with Crippen LogP contribution in [0.1, 0.15) is 15.2 Å². The molecule has 0 atom stereocenters. The molecule has 5 nitrogen and oxygen atoms in total. The van der Waals surface area contributed by atoms with E-state index in [1.54, 1.807) is 12.4 Å². The van der Waals surface area contributed by atoms with E-state index in [1.165, 1.54) is 11.3 Å². The van der Waals surface area contributed by atoms with Crippen molar-refractivity contribution < 1.29 is 4.79 Å². The van der Waals surface area contributed by atoms with E-state index in [9.17, 15) is 4.79 Å². The van der Waals surface area contributed by atoms with Gasteiger partial charge >= 0.3 is 0 Å².